The van der Waals surface area contributed by atoms with Gasteiger partial charge in [0.25, 0.3) is 5.91 Å². The first-order valence-electron chi connectivity index (χ1n) is 9.46. The molecule has 2 aromatic carbocycles. The van der Waals surface area contributed by atoms with Gasteiger partial charge in [0.15, 0.2) is 0 Å². The van der Waals surface area contributed by atoms with E-state index in [-0.39, 0.29) is 12.5 Å². The average Bonchev–Trinajstić information content (AvgIpc) is 3.10. The molecule has 27 heavy (non-hydrogen) atoms. The summed E-state index contributed by atoms with van der Waals surface area (Å²) in [5.74, 6) is -1.44. The Kier molecular flexibility index (Phi) is 6.24. The van der Waals surface area contributed by atoms with Crippen molar-refractivity contribution >= 4 is 11.9 Å². The molecule has 0 spiro atoms. The van der Waals surface area contributed by atoms with Gasteiger partial charge in [0.05, 0.1) is 0 Å². The Bertz CT molecular complexity index is 784. The lowest BCUT2D eigenvalue weighted by Gasteiger charge is -2.20. The third kappa shape index (κ3) is 5.17. The van der Waals surface area contributed by atoms with Gasteiger partial charge < -0.3 is 15.3 Å². The molecule has 5 nitrogen and oxygen atoms in total. The quantitative estimate of drug-likeness (QED) is 0.790. The van der Waals surface area contributed by atoms with Gasteiger partial charge >= 0.3 is 5.97 Å². The van der Waals surface area contributed by atoms with Crippen molar-refractivity contribution < 1.29 is 14.7 Å². The van der Waals surface area contributed by atoms with E-state index in [0.717, 1.165) is 24.1 Å². The summed E-state index contributed by atoms with van der Waals surface area (Å²) in [5, 5.41) is 11.0. The lowest BCUT2D eigenvalue weighted by molar-refractivity contribution is -0.135. The highest BCUT2D eigenvalue weighted by molar-refractivity contribution is 5.96. The van der Waals surface area contributed by atoms with E-state index >= 15 is 0 Å². The number of aliphatic carboxylic acids is 1. The average molecular weight is 366 g/mol. The van der Waals surface area contributed by atoms with Gasteiger partial charge in [-0.2, -0.15) is 0 Å². The van der Waals surface area contributed by atoms with E-state index in [1.165, 1.54) is 24.9 Å². The molecular formula is C22H26N2O3. The fraction of sp³-hybridized carbons (Fsp3) is 0.364. The van der Waals surface area contributed by atoms with Crippen molar-refractivity contribution in [2.75, 3.05) is 19.6 Å². The predicted octanol–water partition coefficient (Wildman–Crippen LogP) is 3.19. The number of carboxylic acids is 1. The number of benzene rings is 2. The SMILES string of the molecule is CC1CCCN1CCc1ccc(-c2ccc(C(=O)NCC(=O)O)cc2)cc1. The maximum Gasteiger partial charge on any atom is 0.322 e. The molecule has 1 fully saturated rings. The maximum absolute atomic E-state index is 11.9. The van der Waals surface area contributed by atoms with Gasteiger partial charge in [0, 0.05) is 18.2 Å². The fourth-order valence-corrected chi connectivity index (χ4v) is 3.53. The summed E-state index contributed by atoms with van der Waals surface area (Å²) in [6, 6.07) is 16.5. The van der Waals surface area contributed by atoms with Crippen LogP contribution in [0.4, 0.5) is 0 Å². The van der Waals surface area contributed by atoms with Gasteiger partial charge in [-0.15, -0.1) is 0 Å². The van der Waals surface area contributed by atoms with Crippen LogP contribution in [0.15, 0.2) is 48.5 Å². The molecule has 0 aromatic heterocycles. The number of rotatable bonds is 7. The van der Waals surface area contributed by atoms with E-state index in [1.54, 1.807) is 12.1 Å². The van der Waals surface area contributed by atoms with Gasteiger partial charge in [0.1, 0.15) is 6.54 Å². The van der Waals surface area contributed by atoms with Crippen molar-refractivity contribution in [3.05, 3.63) is 59.7 Å². The van der Waals surface area contributed by atoms with Crippen molar-refractivity contribution in [2.45, 2.75) is 32.2 Å². The highest BCUT2D eigenvalue weighted by Crippen LogP contribution is 2.21. The van der Waals surface area contributed by atoms with Crippen LogP contribution in [-0.2, 0) is 11.2 Å². The molecule has 2 aromatic rings. The molecule has 0 bridgehead atoms. The second-order valence-electron chi connectivity index (χ2n) is 7.13. The molecule has 3 rings (SSSR count). The van der Waals surface area contributed by atoms with Crippen LogP contribution in [0.3, 0.4) is 0 Å². The first-order valence-corrected chi connectivity index (χ1v) is 9.46. The van der Waals surface area contributed by atoms with E-state index in [4.69, 9.17) is 5.11 Å². The minimum Gasteiger partial charge on any atom is -0.480 e. The van der Waals surface area contributed by atoms with Gasteiger partial charge in [-0.3, -0.25) is 9.59 Å². The molecule has 1 aliphatic rings. The molecule has 0 saturated carbocycles. The van der Waals surface area contributed by atoms with Crippen molar-refractivity contribution in [3.8, 4) is 11.1 Å². The standard InChI is InChI=1S/C22H26N2O3/c1-16-3-2-13-24(16)14-12-17-4-6-18(7-5-17)19-8-10-20(11-9-19)22(27)23-15-21(25)26/h4-11,16H,2-3,12-15H2,1H3,(H,23,27)(H,25,26). The Morgan fingerprint density at radius 1 is 1.07 bits per heavy atom. The van der Waals surface area contributed by atoms with Crippen molar-refractivity contribution in [2.24, 2.45) is 0 Å². The zero-order valence-corrected chi connectivity index (χ0v) is 15.6. The predicted molar refractivity (Wildman–Crippen MR) is 106 cm³/mol. The number of nitrogens with one attached hydrogen (secondary N) is 1. The molecule has 0 radical (unpaired) electrons. The number of carboxylic acid groups (broad SMARTS) is 1. The highest BCUT2D eigenvalue weighted by Gasteiger charge is 2.19. The Morgan fingerprint density at radius 3 is 2.26 bits per heavy atom. The summed E-state index contributed by atoms with van der Waals surface area (Å²) in [5.41, 5.74) is 3.93. The summed E-state index contributed by atoms with van der Waals surface area (Å²) in [4.78, 5) is 24.9. The number of carbonyl (C=O) groups excluding carboxylic acids is 1. The number of likely N-dealkylation sites (tertiary alicyclic amines) is 1. The topological polar surface area (TPSA) is 69.6 Å². The van der Waals surface area contributed by atoms with Gasteiger partial charge in [0.2, 0.25) is 0 Å². The number of carbonyl (C=O) groups is 2. The van der Waals surface area contributed by atoms with E-state index < -0.39 is 5.97 Å². The molecule has 1 atom stereocenters. The van der Waals surface area contributed by atoms with Crippen LogP contribution in [0, 0.1) is 0 Å². The summed E-state index contributed by atoms with van der Waals surface area (Å²) in [7, 11) is 0. The number of nitrogens with zero attached hydrogens (tertiary/aromatic N) is 1. The lowest BCUT2D eigenvalue weighted by Crippen LogP contribution is -2.29. The second-order valence-corrected chi connectivity index (χ2v) is 7.13. The molecule has 0 aliphatic carbocycles. The smallest absolute Gasteiger partial charge is 0.322 e. The van der Waals surface area contributed by atoms with E-state index in [0.29, 0.717) is 11.6 Å². The number of amides is 1. The first kappa shape index (κ1) is 19.1. The molecule has 1 heterocycles. The summed E-state index contributed by atoms with van der Waals surface area (Å²) < 4.78 is 0. The zero-order valence-electron chi connectivity index (χ0n) is 15.6. The van der Waals surface area contributed by atoms with Crippen molar-refractivity contribution in [1.82, 2.24) is 10.2 Å². The molecular weight excluding hydrogens is 340 g/mol. The summed E-state index contributed by atoms with van der Waals surface area (Å²) in [6.07, 6.45) is 3.68. The van der Waals surface area contributed by atoms with Crippen LogP contribution >= 0.6 is 0 Å². The van der Waals surface area contributed by atoms with Crippen LogP contribution in [0.2, 0.25) is 0 Å². The van der Waals surface area contributed by atoms with Crippen molar-refractivity contribution in [1.29, 1.82) is 0 Å². The van der Waals surface area contributed by atoms with Gasteiger partial charge in [-0.05, 0) is 61.6 Å². The van der Waals surface area contributed by atoms with Crippen LogP contribution in [0.25, 0.3) is 11.1 Å². The first-order chi connectivity index (χ1) is 13.0. The largest absolute Gasteiger partial charge is 0.480 e. The number of hydrogen-bond acceptors (Lipinski definition) is 3. The zero-order chi connectivity index (χ0) is 19.2. The highest BCUT2D eigenvalue weighted by atomic mass is 16.4. The molecule has 142 valence electrons. The molecule has 5 heteroatoms. The molecule has 1 saturated heterocycles. The van der Waals surface area contributed by atoms with E-state index in [1.807, 2.05) is 12.1 Å². The third-order valence-corrected chi connectivity index (χ3v) is 5.21. The lowest BCUT2D eigenvalue weighted by atomic mass is 10.0. The second kappa shape index (κ2) is 8.82. The van der Waals surface area contributed by atoms with Crippen molar-refractivity contribution in [3.63, 3.8) is 0 Å². The van der Waals surface area contributed by atoms with Crippen LogP contribution in [0.1, 0.15) is 35.7 Å². The normalized spacial score (nSPS) is 17.0. The third-order valence-electron chi connectivity index (χ3n) is 5.21. The Labute approximate surface area is 160 Å². The minimum absolute atomic E-state index is 0.377. The van der Waals surface area contributed by atoms with Crippen LogP contribution < -0.4 is 5.32 Å². The van der Waals surface area contributed by atoms with E-state index in [9.17, 15) is 9.59 Å². The van der Waals surface area contributed by atoms with Crippen LogP contribution in [0.5, 0.6) is 0 Å². The molecule has 1 amide bonds. The van der Waals surface area contributed by atoms with E-state index in [2.05, 4.69) is 41.4 Å². The minimum atomic E-state index is -1.06. The summed E-state index contributed by atoms with van der Waals surface area (Å²) >= 11 is 0. The summed E-state index contributed by atoms with van der Waals surface area (Å²) in [6.45, 7) is 4.26. The monoisotopic (exact) mass is 366 g/mol. The molecule has 1 unspecified atom stereocenters. The van der Waals surface area contributed by atoms with Gasteiger partial charge in [-0.25, -0.2) is 0 Å². The number of hydrogen-bond donors (Lipinski definition) is 2. The Hall–Kier alpha value is -2.66. The Morgan fingerprint density at radius 2 is 1.70 bits per heavy atom. The molecule has 2 N–H and O–H groups in total. The fourth-order valence-electron chi connectivity index (χ4n) is 3.53. The van der Waals surface area contributed by atoms with Crippen LogP contribution in [-0.4, -0.2) is 47.6 Å². The Balaban J connectivity index is 1.58. The maximum atomic E-state index is 11.9. The van der Waals surface area contributed by atoms with Gasteiger partial charge in [-0.1, -0.05) is 36.4 Å². The molecule has 1 aliphatic heterocycles.